The van der Waals surface area contributed by atoms with E-state index >= 15 is 0 Å². The van der Waals surface area contributed by atoms with E-state index in [-0.39, 0.29) is 11.9 Å². The second kappa shape index (κ2) is 4.65. The predicted molar refractivity (Wildman–Crippen MR) is 59.2 cm³/mol. The molecule has 16 heavy (non-hydrogen) atoms. The Balaban J connectivity index is 1.99. The molecule has 0 radical (unpaired) electrons. The zero-order valence-corrected chi connectivity index (χ0v) is 9.62. The molecule has 1 fully saturated rings. The maximum Gasteiger partial charge on any atom is 0.289 e. The highest BCUT2D eigenvalue weighted by atomic mass is 16.3. The SMILES string of the molecule is Cc1ncoc1C(=O)NC1CCCNC1C. The summed E-state index contributed by atoms with van der Waals surface area (Å²) in [5.74, 6) is 0.147. The molecule has 0 aromatic carbocycles. The van der Waals surface area contributed by atoms with Gasteiger partial charge in [0.05, 0.1) is 5.69 Å². The summed E-state index contributed by atoms with van der Waals surface area (Å²) in [6.45, 7) is 4.87. The molecule has 2 atom stereocenters. The van der Waals surface area contributed by atoms with Crippen LogP contribution in [0.15, 0.2) is 10.8 Å². The van der Waals surface area contributed by atoms with Crippen molar-refractivity contribution in [3.8, 4) is 0 Å². The van der Waals surface area contributed by atoms with Crippen molar-refractivity contribution in [3.63, 3.8) is 0 Å². The number of hydrogen-bond donors (Lipinski definition) is 2. The van der Waals surface area contributed by atoms with E-state index in [4.69, 9.17) is 4.42 Å². The van der Waals surface area contributed by atoms with E-state index in [0.717, 1.165) is 19.4 Å². The zero-order chi connectivity index (χ0) is 11.5. The lowest BCUT2D eigenvalue weighted by molar-refractivity contribution is 0.0891. The Kier molecular flexibility index (Phi) is 3.24. The summed E-state index contributed by atoms with van der Waals surface area (Å²) in [6, 6.07) is 0.478. The smallest absolute Gasteiger partial charge is 0.289 e. The van der Waals surface area contributed by atoms with Gasteiger partial charge in [-0.15, -0.1) is 0 Å². The molecule has 0 bridgehead atoms. The van der Waals surface area contributed by atoms with Crippen LogP contribution in [0.4, 0.5) is 0 Å². The molecule has 2 rings (SSSR count). The van der Waals surface area contributed by atoms with Gasteiger partial charge in [-0.3, -0.25) is 4.79 Å². The van der Waals surface area contributed by atoms with E-state index in [9.17, 15) is 4.79 Å². The number of aromatic nitrogens is 1. The molecule has 0 spiro atoms. The number of nitrogens with zero attached hydrogens (tertiary/aromatic N) is 1. The number of carbonyl (C=O) groups is 1. The fourth-order valence-electron chi connectivity index (χ4n) is 1.99. The predicted octanol–water partition coefficient (Wildman–Crippen LogP) is 0.853. The van der Waals surface area contributed by atoms with Crippen molar-refractivity contribution in [2.75, 3.05) is 6.54 Å². The third-order valence-electron chi connectivity index (χ3n) is 3.03. The van der Waals surface area contributed by atoms with Gasteiger partial charge in [-0.1, -0.05) is 0 Å². The van der Waals surface area contributed by atoms with Gasteiger partial charge in [0.2, 0.25) is 5.76 Å². The molecule has 2 unspecified atom stereocenters. The Bertz CT molecular complexity index is 375. The molecule has 1 aromatic heterocycles. The number of aryl methyl sites for hydroxylation is 1. The van der Waals surface area contributed by atoms with E-state index < -0.39 is 0 Å². The van der Waals surface area contributed by atoms with Crippen LogP contribution in [0.5, 0.6) is 0 Å². The first-order chi connectivity index (χ1) is 7.68. The molecule has 5 nitrogen and oxygen atoms in total. The molecule has 1 aromatic rings. The van der Waals surface area contributed by atoms with E-state index in [1.165, 1.54) is 6.39 Å². The lowest BCUT2D eigenvalue weighted by Gasteiger charge is -2.30. The third-order valence-corrected chi connectivity index (χ3v) is 3.03. The molecule has 1 amide bonds. The van der Waals surface area contributed by atoms with Crippen LogP contribution in [-0.4, -0.2) is 29.5 Å². The highest BCUT2D eigenvalue weighted by Crippen LogP contribution is 2.11. The van der Waals surface area contributed by atoms with E-state index in [2.05, 4.69) is 22.5 Å². The monoisotopic (exact) mass is 223 g/mol. The Morgan fingerprint density at radius 3 is 3.12 bits per heavy atom. The Morgan fingerprint density at radius 2 is 2.50 bits per heavy atom. The Labute approximate surface area is 94.6 Å². The second-order valence-corrected chi connectivity index (χ2v) is 4.23. The van der Waals surface area contributed by atoms with Gasteiger partial charge in [-0.05, 0) is 33.2 Å². The maximum absolute atomic E-state index is 11.9. The summed E-state index contributed by atoms with van der Waals surface area (Å²) in [5.41, 5.74) is 0.633. The van der Waals surface area contributed by atoms with Crippen molar-refractivity contribution in [2.24, 2.45) is 0 Å². The minimum absolute atomic E-state index is 0.171. The van der Waals surface area contributed by atoms with Gasteiger partial charge in [0, 0.05) is 12.1 Å². The van der Waals surface area contributed by atoms with Crippen LogP contribution < -0.4 is 10.6 Å². The van der Waals surface area contributed by atoms with Gasteiger partial charge in [-0.25, -0.2) is 4.98 Å². The lowest BCUT2D eigenvalue weighted by atomic mass is 10.00. The molecule has 2 N–H and O–H groups in total. The van der Waals surface area contributed by atoms with Crippen molar-refractivity contribution in [1.82, 2.24) is 15.6 Å². The topological polar surface area (TPSA) is 67.2 Å². The molecule has 2 heterocycles. The number of nitrogens with one attached hydrogen (secondary N) is 2. The number of oxazole rings is 1. The van der Waals surface area contributed by atoms with Crippen molar-refractivity contribution < 1.29 is 9.21 Å². The summed E-state index contributed by atoms with van der Waals surface area (Å²) in [5, 5.41) is 6.31. The molecule has 0 aliphatic carbocycles. The minimum atomic E-state index is -0.171. The standard InChI is InChI=1S/C11H17N3O2/c1-7-9(4-3-5-12-7)14-11(15)10-8(2)13-6-16-10/h6-7,9,12H,3-5H2,1-2H3,(H,14,15). The summed E-state index contributed by atoms with van der Waals surface area (Å²) in [6.07, 6.45) is 3.39. The molecule has 1 aliphatic heterocycles. The number of carbonyl (C=O) groups excluding carboxylic acids is 1. The normalized spacial score (nSPS) is 25.4. The van der Waals surface area contributed by atoms with Crippen LogP contribution in [0.2, 0.25) is 0 Å². The molecular formula is C11H17N3O2. The molecule has 88 valence electrons. The van der Waals surface area contributed by atoms with Crippen molar-refractivity contribution in [2.45, 2.75) is 38.8 Å². The van der Waals surface area contributed by atoms with Gasteiger partial charge in [0.25, 0.3) is 5.91 Å². The molecule has 1 aliphatic rings. The van der Waals surface area contributed by atoms with Crippen LogP contribution in [0.3, 0.4) is 0 Å². The van der Waals surface area contributed by atoms with Crippen LogP contribution in [0.1, 0.15) is 36.0 Å². The number of hydrogen-bond acceptors (Lipinski definition) is 4. The molecule has 1 saturated heterocycles. The van der Waals surface area contributed by atoms with Gasteiger partial charge >= 0.3 is 0 Å². The van der Waals surface area contributed by atoms with Crippen molar-refractivity contribution in [1.29, 1.82) is 0 Å². The zero-order valence-electron chi connectivity index (χ0n) is 9.62. The lowest BCUT2D eigenvalue weighted by Crippen LogP contribution is -2.51. The van der Waals surface area contributed by atoms with Gasteiger partial charge in [0.1, 0.15) is 0 Å². The first-order valence-electron chi connectivity index (χ1n) is 5.63. The molecular weight excluding hydrogens is 206 g/mol. The largest absolute Gasteiger partial charge is 0.438 e. The van der Waals surface area contributed by atoms with Crippen LogP contribution in [0, 0.1) is 6.92 Å². The average molecular weight is 223 g/mol. The van der Waals surface area contributed by atoms with Gasteiger partial charge in [-0.2, -0.15) is 0 Å². The summed E-state index contributed by atoms with van der Waals surface area (Å²) in [4.78, 5) is 15.8. The Morgan fingerprint density at radius 1 is 1.69 bits per heavy atom. The van der Waals surface area contributed by atoms with Gasteiger partial charge in [0.15, 0.2) is 6.39 Å². The number of piperidine rings is 1. The highest BCUT2D eigenvalue weighted by molar-refractivity contribution is 5.92. The van der Waals surface area contributed by atoms with Crippen LogP contribution in [0.25, 0.3) is 0 Å². The fourth-order valence-corrected chi connectivity index (χ4v) is 1.99. The number of rotatable bonds is 2. The average Bonchev–Trinajstić information content (AvgIpc) is 2.68. The Hall–Kier alpha value is -1.36. The number of amides is 1. The second-order valence-electron chi connectivity index (χ2n) is 4.23. The van der Waals surface area contributed by atoms with Crippen molar-refractivity contribution in [3.05, 3.63) is 17.8 Å². The first kappa shape index (κ1) is 11.1. The first-order valence-corrected chi connectivity index (χ1v) is 5.63. The fraction of sp³-hybridized carbons (Fsp3) is 0.636. The van der Waals surface area contributed by atoms with Gasteiger partial charge < -0.3 is 15.1 Å². The minimum Gasteiger partial charge on any atom is -0.438 e. The summed E-state index contributed by atoms with van der Waals surface area (Å²) >= 11 is 0. The van der Waals surface area contributed by atoms with Crippen LogP contribution in [-0.2, 0) is 0 Å². The van der Waals surface area contributed by atoms with E-state index in [0.29, 0.717) is 17.5 Å². The molecule has 0 saturated carbocycles. The third kappa shape index (κ3) is 2.24. The summed E-state index contributed by atoms with van der Waals surface area (Å²) < 4.78 is 5.06. The quantitative estimate of drug-likeness (QED) is 0.780. The molecule has 5 heteroatoms. The van der Waals surface area contributed by atoms with E-state index in [1.54, 1.807) is 6.92 Å². The van der Waals surface area contributed by atoms with Crippen molar-refractivity contribution >= 4 is 5.91 Å². The maximum atomic E-state index is 11.9. The van der Waals surface area contributed by atoms with Crippen LogP contribution >= 0.6 is 0 Å². The van der Waals surface area contributed by atoms with E-state index in [1.807, 2.05) is 0 Å². The highest BCUT2D eigenvalue weighted by Gasteiger charge is 2.24. The summed E-state index contributed by atoms with van der Waals surface area (Å²) in [7, 11) is 0.